The summed E-state index contributed by atoms with van der Waals surface area (Å²) < 4.78 is 25.0. The molecule has 0 spiro atoms. The number of hydrogen-bond acceptors (Lipinski definition) is 5. The first kappa shape index (κ1) is 20.3. The monoisotopic (exact) mass is 323 g/mol. The molecule has 0 aromatic carbocycles. The number of amides is 1. The van der Waals surface area contributed by atoms with Crippen LogP contribution in [0.1, 0.15) is 27.2 Å². The largest absolute Gasteiger partial charge is 0.387 e. The molecule has 126 valence electrons. The average molecular weight is 323 g/mol. The fraction of sp³-hybridized carbons (Fsp3) is 0.923. The van der Waals surface area contributed by atoms with Crippen LogP contribution in [-0.2, 0) is 14.8 Å². The van der Waals surface area contributed by atoms with Gasteiger partial charge in [-0.3, -0.25) is 4.79 Å². The minimum Gasteiger partial charge on any atom is -0.387 e. The third-order valence-electron chi connectivity index (χ3n) is 2.68. The molecular weight excluding hydrogens is 294 g/mol. The summed E-state index contributed by atoms with van der Waals surface area (Å²) in [4.78, 5) is 13.9. The molecule has 0 bridgehead atoms. The van der Waals surface area contributed by atoms with Gasteiger partial charge >= 0.3 is 0 Å². The lowest BCUT2D eigenvalue weighted by Gasteiger charge is -2.28. The van der Waals surface area contributed by atoms with E-state index < -0.39 is 27.6 Å². The van der Waals surface area contributed by atoms with E-state index in [-0.39, 0.29) is 12.5 Å². The van der Waals surface area contributed by atoms with Crippen molar-refractivity contribution in [1.29, 1.82) is 0 Å². The van der Waals surface area contributed by atoms with E-state index >= 15 is 0 Å². The molecule has 21 heavy (non-hydrogen) atoms. The van der Waals surface area contributed by atoms with Gasteiger partial charge in [0.05, 0.1) is 11.9 Å². The van der Waals surface area contributed by atoms with E-state index in [1.54, 1.807) is 6.92 Å². The maximum Gasteiger partial charge on any atom is 0.238 e. The number of carbonyl (C=O) groups excluding carboxylic acids is 1. The third-order valence-corrected chi connectivity index (χ3v) is 3.39. The summed E-state index contributed by atoms with van der Waals surface area (Å²) in [5.41, 5.74) is -1.08. The number of nitrogens with one attached hydrogen (secondary N) is 2. The van der Waals surface area contributed by atoms with Crippen LogP contribution in [0.5, 0.6) is 0 Å². The van der Waals surface area contributed by atoms with Gasteiger partial charge < -0.3 is 15.3 Å². The van der Waals surface area contributed by atoms with Crippen LogP contribution in [0.2, 0.25) is 0 Å². The smallest absolute Gasteiger partial charge is 0.238 e. The zero-order valence-corrected chi connectivity index (χ0v) is 14.6. The van der Waals surface area contributed by atoms with E-state index in [4.69, 9.17) is 0 Å². The van der Waals surface area contributed by atoms with Crippen LogP contribution in [0.4, 0.5) is 0 Å². The minimum absolute atomic E-state index is 0.0596. The Labute approximate surface area is 128 Å². The topological polar surface area (TPSA) is 98.7 Å². The van der Waals surface area contributed by atoms with Crippen LogP contribution in [0.15, 0.2) is 0 Å². The second kappa shape index (κ2) is 8.07. The van der Waals surface area contributed by atoms with Crippen molar-refractivity contribution < 1.29 is 18.3 Å². The highest BCUT2D eigenvalue weighted by molar-refractivity contribution is 7.88. The summed E-state index contributed by atoms with van der Waals surface area (Å²) in [5.74, 6) is -0.259. The van der Waals surface area contributed by atoms with Crippen molar-refractivity contribution in [2.45, 2.75) is 38.8 Å². The summed E-state index contributed by atoms with van der Waals surface area (Å²) in [6.45, 7) is 5.89. The first-order valence-corrected chi connectivity index (χ1v) is 8.83. The Morgan fingerprint density at radius 3 is 2.24 bits per heavy atom. The SMILES string of the molecule is CC(C)CC(NS(C)(=O)=O)C(=O)NCC(C)(O)CN(C)C. The Hall–Kier alpha value is -0.700. The van der Waals surface area contributed by atoms with E-state index in [1.807, 2.05) is 32.8 Å². The van der Waals surface area contributed by atoms with Crippen LogP contribution >= 0.6 is 0 Å². The highest BCUT2D eigenvalue weighted by Crippen LogP contribution is 2.07. The Bertz CT molecular complexity index is 433. The average Bonchev–Trinajstić information content (AvgIpc) is 2.20. The van der Waals surface area contributed by atoms with Crippen molar-refractivity contribution in [3.05, 3.63) is 0 Å². The molecule has 3 N–H and O–H groups in total. The third kappa shape index (κ3) is 10.6. The van der Waals surface area contributed by atoms with Gasteiger partial charge in [-0.1, -0.05) is 13.8 Å². The van der Waals surface area contributed by atoms with Crippen LogP contribution in [0, 0.1) is 5.92 Å². The quantitative estimate of drug-likeness (QED) is 0.525. The number of likely N-dealkylation sites (N-methyl/N-ethyl adjacent to an activating group) is 1. The molecule has 1 amide bonds. The summed E-state index contributed by atoms with van der Waals surface area (Å²) in [6.07, 6.45) is 1.42. The Morgan fingerprint density at radius 1 is 1.33 bits per heavy atom. The van der Waals surface area contributed by atoms with Gasteiger partial charge in [-0.25, -0.2) is 13.1 Å². The van der Waals surface area contributed by atoms with Gasteiger partial charge in [-0.05, 0) is 33.4 Å². The Kier molecular flexibility index (Phi) is 7.80. The lowest BCUT2D eigenvalue weighted by atomic mass is 10.0. The molecule has 0 saturated heterocycles. The lowest BCUT2D eigenvalue weighted by Crippen LogP contribution is -2.52. The molecule has 0 heterocycles. The summed E-state index contributed by atoms with van der Waals surface area (Å²) in [5, 5.41) is 12.7. The van der Waals surface area contributed by atoms with E-state index in [9.17, 15) is 18.3 Å². The van der Waals surface area contributed by atoms with Gasteiger partial charge in [0, 0.05) is 13.1 Å². The molecule has 0 saturated carbocycles. The Balaban J connectivity index is 4.68. The number of hydrogen-bond donors (Lipinski definition) is 3. The van der Waals surface area contributed by atoms with Crippen molar-refractivity contribution in [3.63, 3.8) is 0 Å². The fourth-order valence-electron chi connectivity index (χ4n) is 2.08. The molecule has 0 aliphatic rings. The van der Waals surface area contributed by atoms with Crippen molar-refractivity contribution >= 4 is 15.9 Å². The number of carbonyl (C=O) groups is 1. The zero-order valence-electron chi connectivity index (χ0n) is 13.8. The fourth-order valence-corrected chi connectivity index (χ4v) is 2.80. The predicted molar refractivity (Wildman–Crippen MR) is 83.4 cm³/mol. The maximum atomic E-state index is 12.1. The molecule has 2 atom stereocenters. The van der Waals surface area contributed by atoms with Gasteiger partial charge in [0.25, 0.3) is 0 Å². The van der Waals surface area contributed by atoms with Gasteiger partial charge in [0.2, 0.25) is 15.9 Å². The van der Waals surface area contributed by atoms with Crippen molar-refractivity contribution in [2.24, 2.45) is 5.92 Å². The van der Waals surface area contributed by atoms with Crippen LogP contribution in [0.3, 0.4) is 0 Å². The number of rotatable bonds is 9. The molecule has 0 aromatic rings. The van der Waals surface area contributed by atoms with Crippen LogP contribution in [-0.4, -0.2) is 69.4 Å². The van der Waals surface area contributed by atoms with Crippen molar-refractivity contribution in [3.8, 4) is 0 Å². The first-order valence-electron chi connectivity index (χ1n) is 6.94. The van der Waals surface area contributed by atoms with Gasteiger partial charge in [0.15, 0.2) is 0 Å². The molecule has 7 nitrogen and oxygen atoms in total. The molecule has 0 aliphatic carbocycles. The Morgan fingerprint density at radius 2 is 1.86 bits per heavy atom. The van der Waals surface area contributed by atoms with Crippen LogP contribution in [0.25, 0.3) is 0 Å². The molecule has 0 aromatic heterocycles. The van der Waals surface area contributed by atoms with E-state index in [2.05, 4.69) is 10.0 Å². The minimum atomic E-state index is -3.47. The van der Waals surface area contributed by atoms with Gasteiger partial charge in [-0.15, -0.1) is 0 Å². The predicted octanol–water partition coefficient (Wildman–Crippen LogP) is -0.621. The van der Waals surface area contributed by atoms with Gasteiger partial charge in [-0.2, -0.15) is 0 Å². The normalized spacial score (nSPS) is 16.8. The van der Waals surface area contributed by atoms with Crippen molar-refractivity contribution in [2.75, 3.05) is 33.4 Å². The number of sulfonamides is 1. The standard InChI is InChI=1S/C13H29N3O4S/c1-10(2)7-11(15-21(6,19)20)12(17)14-8-13(3,18)9-16(4)5/h10-11,15,18H,7-9H2,1-6H3,(H,14,17). The maximum absolute atomic E-state index is 12.1. The molecule has 0 rings (SSSR count). The lowest BCUT2D eigenvalue weighted by molar-refractivity contribution is -0.124. The van der Waals surface area contributed by atoms with Crippen molar-refractivity contribution in [1.82, 2.24) is 14.9 Å². The zero-order chi connectivity index (χ0) is 16.8. The highest BCUT2D eigenvalue weighted by Gasteiger charge is 2.27. The number of aliphatic hydroxyl groups is 1. The second-order valence-electron chi connectivity index (χ2n) is 6.52. The summed E-state index contributed by atoms with van der Waals surface area (Å²) in [6, 6.07) is -0.824. The van der Waals surface area contributed by atoms with Crippen LogP contribution < -0.4 is 10.0 Å². The van der Waals surface area contributed by atoms with E-state index in [0.29, 0.717) is 13.0 Å². The summed E-state index contributed by atoms with van der Waals surface area (Å²) in [7, 11) is 0.177. The van der Waals surface area contributed by atoms with E-state index in [0.717, 1.165) is 6.26 Å². The second-order valence-corrected chi connectivity index (χ2v) is 8.30. The molecule has 0 aliphatic heterocycles. The molecular formula is C13H29N3O4S. The van der Waals surface area contributed by atoms with Gasteiger partial charge in [0.1, 0.15) is 6.04 Å². The van der Waals surface area contributed by atoms with E-state index in [1.165, 1.54) is 0 Å². The summed E-state index contributed by atoms with van der Waals surface area (Å²) >= 11 is 0. The molecule has 0 radical (unpaired) electrons. The first-order chi connectivity index (χ1) is 9.32. The number of nitrogens with zero attached hydrogens (tertiary/aromatic N) is 1. The molecule has 2 unspecified atom stereocenters. The molecule has 8 heteroatoms. The highest BCUT2D eigenvalue weighted by atomic mass is 32.2. The molecule has 0 fully saturated rings.